The lowest BCUT2D eigenvalue weighted by Crippen LogP contribution is -2.45. The summed E-state index contributed by atoms with van der Waals surface area (Å²) in [4.78, 5) is 14.3. The van der Waals surface area contributed by atoms with Crippen LogP contribution in [-0.4, -0.2) is 100 Å². The summed E-state index contributed by atoms with van der Waals surface area (Å²) >= 11 is 0. The van der Waals surface area contributed by atoms with Crippen molar-refractivity contribution >= 4 is 16.0 Å². The maximum atomic E-state index is 11.8. The molecule has 2 aromatic heterocycles. The van der Waals surface area contributed by atoms with E-state index in [4.69, 9.17) is 4.98 Å². The normalized spacial score (nSPS) is 18.5. The number of sulfonamides is 1. The first-order chi connectivity index (χ1) is 18.7. The summed E-state index contributed by atoms with van der Waals surface area (Å²) in [5.41, 5.74) is 6.33. The van der Waals surface area contributed by atoms with Gasteiger partial charge < -0.3 is 10.2 Å². The van der Waals surface area contributed by atoms with Crippen LogP contribution in [0.2, 0.25) is 0 Å². The molecule has 210 valence electrons. The van der Waals surface area contributed by atoms with Gasteiger partial charge in [0.1, 0.15) is 0 Å². The van der Waals surface area contributed by atoms with E-state index < -0.39 is 10.0 Å². The molecule has 3 aromatic rings. The number of piperidine rings is 1. The fourth-order valence-electron chi connectivity index (χ4n) is 5.49. The first kappa shape index (κ1) is 27.7. The lowest BCUT2D eigenvalue weighted by Gasteiger charge is -2.34. The van der Waals surface area contributed by atoms with Gasteiger partial charge in [0, 0.05) is 69.8 Å². The summed E-state index contributed by atoms with van der Waals surface area (Å²) < 4.78 is 27.1. The summed E-state index contributed by atoms with van der Waals surface area (Å²) in [6.45, 7) is 14.0. The summed E-state index contributed by atoms with van der Waals surface area (Å²) in [6, 6.07) is 6.78. The van der Waals surface area contributed by atoms with Crippen molar-refractivity contribution in [1.29, 1.82) is 0 Å². The van der Waals surface area contributed by atoms with Crippen molar-refractivity contribution in [1.82, 2.24) is 33.9 Å². The molecule has 5 rings (SSSR count). The highest BCUT2D eigenvalue weighted by Gasteiger charge is 2.25. The van der Waals surface area contributed by atoms with Gasteiger partial charge in [-0.25, -0.2) is 27.4 Å². The predicted molar refractivity (Wildman–Crippen MR) is 155 cm³/mol. The second-order valence-corrected chi connectivity index (χ2v) is 12.8. The number of aromatic nitrogens is 4. The molecule has 0 aliphatic carbocycles. The van der Waals surface area contributed by atoms with Gasteiger partial charge >= 0.3 is 0 Å². The third-order valence-corrected chi connectivity index (χ3v) is 9.21. The Morgan fingerprint density at radius 2 is 1.69 bits per heavy atom. The van der Waals surface area contributed by atoms with Crippen molar-refractivity contribution < 1.29 is 8.42 Å². The standard InChI is InChI=1S/C28H40N8O2S/c1-5-33-12-14-34(15-13-33)19-23-6-7-26(21(2)16-23)36-20-24(18-30-36)27-22(3)17-29-28(32-27)31-25-8-10-35(11-9-25)39(4,37)38/h6-7,16-18,20,25H,5,8-15,19H2,1-4H3,(H,29,31,32). The summed E-state index contributed by atoms with van der Waals surface area (Å²) in [5.74, 6) is 0.557. The number of rotatable bonds is 8. The van der Waals surface area contributed by atoms with Crippen molar-refractivity contribution in [3.05, 3.63) is 53.5 Å². The van der Waals surface area contributed by atoms with Crippen molar-refractivity contribution in [3.8, 4) is 16.9 Å². The fourth-order valence-corrected chi connectivity index (χ4v) is 6.36. The van der Waals surface area contributed by atoms with E-state index in [1.165, 1.54) is 21.7 Å². The highest BCUT2D eigenvalue weighted by Crippen LogP contribution is 2.25. The predicted octanol–water partition coefficient (Wildman–Crippen LogP) is 2.92. The molecule has 0 atom stereocenters. The van der Waals surface area contributed by atoms with Crippen LogP contribution in [0, 0.1) is 13.8 Å². The van der Waals surface area contributed by atoms with Crippen molar-refractivity contribution in [3.63, 3.8) is 0 Å². The zero-order valence-electron chi connectivity index (χ0n) is 23.5. The zero-order chi connectivity index (χ0) is 27.6. The van der Waals surface area contributed by atoms with Crippen LogP contribution in [-0.2, 0) is 16.6 Å². The van der Waals surface area contributed by atoms with Crippen LogP contribution in [0.4, 0.5) is 5.95 Å². The van der Waals surface area contributed by atoms with Gasteiger partial charge in [-0.2, -0.15) is 5.10 Å². The van der Waals surface area contributed by atoms with E-state index in [2.05, 4.69) is 57.2 Å². The molecule has 0 amide bonds. The quantitative estimate of drug-likeness (QED) is 0.456. The smallest absolute Gasteiger partial charge is 0.223 e. The van der Waals surface area contributed by atoms with Gasteiger partial charge in [0.05, 0.1) is 23.8 Å². The van der Waals surface area contributed by atoms with E-state index in [0.717, 1.165) is 74.6 Å². The minimum absolute atomic E-state index is 0.137. The minimum Gasteiger partial charge on any atom is -0.351 e. The van der Waals surface area contributed by atoms with Crippen LogP contribution in [0.15, 0.2) is 36.8 Å². The van der Waals surface area contributed by atoms with Gasteiger partial charge in [-0.15, -0.1) is 0 Å². The Labute approximate surface area is 232 Å². The molecule has 1 aromatic carbocycles. The van der Waals surface area contributed by atoms with E-state index in [-0.39, 0.29) is 6.04 Å². The molecule has 0 spiro atoms. The summed E-state index contributed by atoms with van der Waals surface area (Å²) in [6.07, 6.45) is 8.42. The number of benzene rings is 1. The topological polar surface area (TPSA) is 99.5 Å². The average Bonchev–Trinajstić information content (AvgIpc) is 3.40. The van der Waals surface area contributed by atoms with Crippen LogP contribution < -0.4 is 5.32 Å². The molecule has 39 heavy (non-hydrogen) atoms. The Bertz CT molecular complexity index is 1390. The van der Waals surface area contributed by atoms with Crippen LogP contribution in [0.1, 0.15) is 36.5 Å². The number of likely N-dealkylation sites (N-methyl/N-ethyl adjacent to an activating group) is 1. The highest BCUT2D eigenvalue weighted by atomic mass is 32.2. The van der Waals surface area contributed by atoms with Gasteiger partial charge in [-0.1, -0.05) is 19.1 Å². The van der Waals surface area contributed by atoms with Gasteiger partial charge in [-0.05, 0) is 56.0 Å². The molecule has 0 unspecified atom stereocenters. The summed E-state index contributed by atoms with van der Waals surface area (Å²) in [5, 5.41) is 8.07. The Balaban J connectivity index is 1.25. The molecule has 10 nitrogen and oxygen atoms in total. The molecule has 2 saturated heterocycles. The molecule has 2 aliphatic heterocycles. The molecule has 2 aliphatic rings. The second kappa shape index (κ2) is 11.7. The molecular weight excluding hydrogens is 512 g/mol. The molecule has 4 heterocycles. The van der Waals surface area contributed by atoms with Crippen LogP contribution >= 0.6 is 0 Å². The first-order valence-corrected chi connectivity index (χ1v) is 15.7. The third kappa shape index (κ3) is 6.66. The number of nitrogens with zero attached hydrogens (tertiary/aromatic N) is 7. The average molecular weight is 553 g/mol. The number of anilines is 1. The molecule has 11 heteroatoms. The Hall–Kier alpha value is -2.86. The maximum Gasteiger partial charge on any atom is 0.223 e. The Kier molecular flexibility index (Phi) is 8.32. The van der Waals surface area contributed by atoms with Crippen LogP contribution in [0.3, 0.4) is 0 Å². The minimum atomic E-state index is -3.15. The number of aryl methyl sites for hydroxylation is 2. The molecule has 1 N–H and O–H groups in total. The number of nitrogens with one attached hydrogen (secondary N) is 1. The van der Waals surface area contributed by atoms with Crippen molar-refractivity contribution in [2.24, 2.45) is 0 Å². The monoisotopic (exact) mass is 552 g/mol. The molecule has 2 fully saturated rings. The van der Waals surface area contributed by atoms with Gasteiger partial charge in [0.15, 0.2) is 0 Å². The molecular formula is C28H40N8O2S. The Morgan fingerprint density at radius 1 is 0.974 bits per heavy atom. The molecule has 0 bridgehead atoms. The van der Waals surface area contributed by atoms with Gasteiger partial charge in [0.25, 0.3) is 0 Å². The summed E-state index contributed by atoms with van der Waals surface area (Å²) in [7, 11) is -3.15. The van der Waals surface area contributed by atoms with Gasteiger partial charge in [-0.3, -0.25) is 4.90 Å². The lowest BCUT2D eigenvalue weighted by atomic mass is 10.1. The molecule has 0 saturated carbocycles. The second-order valence-electron chi connectivity index (χ2n) is 10.8. The third-order valence-electron chi connectivity index (χ3n) is 7.91. The fraction of sp³-hybridized carbons (Fsp3) is 0.536. The Morgan fingerprint density at radius 3 is 2.36 bits per heavy atom. The first-order valence-electron chi connectivity index (χ1n) is 13.8. The maximum absolute atomic E-state index is 11.8. The number of piperazine rings is 1. The zero-order valence-corrected chi connectivity index (χ0v) is 24.3. The van der Waals surface area contributed by atoms with E-state index in [0.29, 0.717) is 19.0 Å². The van der Waals surface area contributed by atoms with Crippen molar-refractivity contribution in [2.45, 2.75) is 46.2 Å². The molecule has 0 radical (unpaired) electrons. The van der Waals surface area contributed by atoms with Crippen LogP contribution in [0.25, 0.3) is 16.9 Å². The largest absolute Gasteiger partial charge is 0.351 e. The lowest BCUT2D eigenvalue weighted by molar-refractivity contribution is 0.132. The van der Waals surface area contributed by atoms with Crippen LogP contribution in [0.5, 0.6) is 0 Å². The van der Waals surface area contributed by atoms with E-state index in [1.54, 1.807) is 0 Å². The SMILES string of the molecule is CCN1CCN(Cc2ccc(-n3cc(-c4nc(NC5CCN(S(C)(=O)=O)CC5)ncc4C)cn3)c(C)c2)CC1. The van der Waals surface area contributed by atoms with E-state index in [1.807, 2.05) is 30.2 Å². The highest BCUT2D eigenvalue weighted by molar-refractivity contribution is 7.88. The van der Waals surface area contributed by atoms with E-state index >= 15 is 0 Å². The van der Waals surface area contributed by atoms with Gasteiger partial charge in [0.2, 0.25) is 16.0 Å². The number of hydrogen-bond donors (Lipinski definition) is 1. The van der Waals surface area contributed by atoms with Crippen molar-refractivity contribution in [2.75, 3.05) is 57.4 Å². The van der Waals surface area contributed by atoms with E-state index in [9.17, 15) is 8.42 Å². The number of hydrogen-bond acceptors (Lipinski definition) is 8.